The van der Waals surface area contributed by atoms with E-state index in [1.54, 1.807) is 12.3 Å². The van der Waals surface area contributed by atoms with Crippen LogP contribution in [0.25, 0.3) is 10.9 Å². The number of hydrogen-bond donors (Lipinski definition) is 1. The molecule has 2 aromatic rings. The molecule has 0 radical (unpaired) electrons. The van der Waals surface area contributed by atoms with Crippen molar-refractivity contribution in [3.63, 3.8) is 0 Å². The summed E-state index contributed by atoms with van der Waals surface area (Å²) in [5.74, 6) is 0.0324. The van der Waals surface area contributed by atoms with Crippen molar-refractivity contribution in [1.82, 2.24) is 9.88 Å². The minimum absolute atomic E-state index is 0.00593. The van der Waals surface area contributed by atoms with Crippen LogP contribution in [0.2, 0.25) is 5.02 Å². The summed E-state index contributed by atoms with van der Waals surface area (Å²) in [7, 11) is 0. The molecule has 5 heteroatoms. The maximum absolute atomic E-state index is 12.4. The Morgan fingerprint density at radius 3 is 2.48 bits per heavy atom. The maximum atomic E-state index is 12.4. The molecule has 1 atom stereocenters. The fraction of sp³-hybridized carbons (Fsp3) is 0.400. The van der Waals surface area contributed by atoms with Gasteiger partial charge in [-0.3, -0.25) is 9.78 Å². The van der Waals surface area contributed by atoms with Crippen LogP contribution in [0.5, 0.6) is 0 Å². The van der Waals surface area contributed by atoms with Gasteiger partial charge in [0.2, 0.25) is 5.91 Å². The molecule has 0 fully saturated rings. The third-order valence-electron chi connectivity index (χ3n) is 3.98. The van der Waals surface area contributed by atoms with Gasteiger partial charge in [0.15, 0.2) is 0 Å². The fourth-order valence-electron chi connectivity index (χ4n) is 2.96. The third kappa shape index (κ3) is 4.95. The number of rotatable bonds is 6. The van der Waals surface area contributed by atoms with E-state index in [9.17, 15) is 4.79 Å². The molecule has 1 aromatic heterocycles. The Bertz CT molecular complexity index is 763. The number of fused-ring (bicyclic) bond motifs is 1. The monoisotopic (exact) mass is 359 g/mol. The van der Waals surface area contributed by atoms with E-state index in [1.807, 2.05) is 69.9 Å². The normalized spacial score (nSPS) is 13.0. The summed E-state index contributed by atoms with van der Waals surface area (Å²) in [6.45, 7) is 10.1. The summed E-state index contributed by atoms with van der Waals surface area (Å²) in [5, 5.41) is 5.09. The first-order chi connectivity index (χ1) is 11.8. The standard InChI is InChI=1S/C20H26ClN3O/c1-13(2)24(14(3)4)20(25)9-6-15(5)23-18-10-11-22-19-12-16(21)7-8-17(18)19/h6-15H,1-5H3,(H,22,23)/b9-6+/t15-/m0/s1. The van der Waals surface area contributed by atoms with E-state index in [0.717, 1.165) is 16.6 Å². The zero-order valence-corrected chi connectivity index (χ0v) is 16.2. The van der Waals surface area contributed by atoms with Crippen LogP contribution in [-0.2, 0) is 4.79 Å². The lowest BCUT2D eigenvalue weighted by atomic mass is 10.1. The van der Waals surface area contributed by atoms with E-state index in [2.05, 4.69) is 10.3 Å². The van der Waals surface area contributed by atoms with Gasteiger partial charge in [-0.1, -0.05) is 17.7 Å². The summed E-state index contributed by atoms with van der Waals surface area (Å²) < 4.78 is 0. The van der Waals surface area contributed by atoms with Gasteiger partial charge in [0, 0.05) is 46.5 Å². The van der Waals surface area contributed by atoms with Crippen molar-refractivity contribution >= 4 is 34.1 Å². The zero-order valence-electron chi connectivity index (χ0n) is 15.5. The Morgan fingerprint density at radius 2 is 1.84 bits per heavy atom. The predicted molar refractivity (Wildman–Crippen MR) is 106 cm³/mol. The molecule has 4 nitrogen and oxygen atoms in total. The highest BCUT2D eigenvalue weighted by Crippen LogP contribution is 2.25. The van der Waals surface area contributed by atoms with Crippen molar-refractivity contribution in [2.45, 2.75) is 52.7 Å². The number of amides is 1. The number of carbonyl (C=O) groups excluding carboxylic acids is 1. The number of aromatic nitrogens is 1. The molecule has 0 saturated carbocycles. The summed E-state index contributed by atoms with van der Waals surface area (Å²) in [6.07, 6.45) is 5.29. The number of halogens is 1. The number of benzene rings is 1. The molecule has 0 unspecified atom stereocenters. The van der Waals surface area contributed by atoms with Crippen molar-refractivity contribution in [2.75, 3.05) is 5.32 Å². The first-order valence-corrected chi connectivity index (χ1v) is 8.98. The van der Waals surface area contributed by atoms with Gasteiger partial charge in [-0.15, -0.1) is 0 Å². The molecular weight excluding hydrogens is 334 g/mol. The van der Waals surface area contributed by atoms with Crippen molar-refractivity contribution in [3.05, 3.63) is 47.6 Å². The van der Waals surface area contributed by atoms with Crippen LogP contribution in [0.4, 0.5) is 5.69 Å². The summed E-state index contributed by atoms with van der Waals surface area (Å²) in [4.78, 5) is 18.6. The van der Waals surface area contributed by atoms with Gasteiger partial charge in [-0.2, -0.15) is 0 Å². The van der Waals surface area contributed by atoms with Gasteiger partial charge in [0.05, 0.1) is 5.52 Å². The van der Waals surface area contributed by atoms with Crippen LogP contribution >= 0.6 is 11.6 Å². The second-order valence-electron chi connectivity index (χ2n) is 6.75. The van der Waals surface area contributed by atoms with E-state index < -0.39 is 0 Å². The molecule has 134 valence electrons. The van der Waals surface area contributed by atoms with Gasteiger partial charge in [0.1, 0.15) is 0 Å². The smallest absolute Gasteiger partial charge is 0.246 e. The first-order valence-electron chi connectivity index (χ1n) is 8.61. The molecule has 25 heavy (non-hydrogen) atoms. The van der Waals surface area contributed by atoms with Crippen LogP contribution in [0.1, 0.15) is 34.6 Å². The minimum Gasteiger partial charge on any atom is -0.379 e. The van der Waals surface area contributed by atoms with Gasteiger partial charge in [-0.05, 0) is 58.9 Å². The van der Waals surface area contributed by atoms with E-state index >= 15 is 0 Å². The molecule has 1 amide bonds. The quantitative estimate of drug-likeness (QED) is 0.747. The van der Waals surface area contributed by atoms with Gasteiger partial charge in [0.25, 0.3) is 0 Å². The SMILES string of the molecule is CC(C)N(C(=O)/C=C/[C@H](C)Nc1ccnc2cc(Cl)ccc12)C(C)C. The highest BCUT2D eigenvalue weighted by molar-refractivity contribution is 6.31. The maximum Gasteiger partial charge on any atom is 0.246 e. The Kier molecular flexibility index (Phi) is 6.43. The topological polar surface area (TPSA) is 45.2 Å². The van der Waals surface area contributed by atoms with E-state index in [1.165, 1.54) is 0 Å². The van der Waals surface area contributed by atoms with Crippen LogP contribution in [-0.4, -0.2) is 33.9 Å². The number of pyridine rings is 1. The van der Waals surface area contributed by atoms with Crippen LogP contribution < -0.4 is 5.32 Å². The molecular formula is C20H26ClN3O. The zero-order chi connectivity index (χ0) is 18.6. The molecule has 1 heterocycles. The molecule has 1 aromatic carbocycles. The molecule has 0 bridgehead atoms. The third-order valence-corrected chi connectivity index (χ3v) is 4.22. The Balaban J connectivity index is 2.12. The van der Waals surface area contributed by atoms with Gasteiger partial charge >= 0.3 is 0 Å². The molecule has 0 aliphatic heterocycles. The number of nitrogens with one attached hydrogen (secondary N) is 1. The lowest BCUT2D eigenvalue weighted by Gasteiger charge is -2.29. The lowest BCUT2D eigenvalue weighted by molar-refractivity contribution is -0.129. The molecule has 0 saturated heterocycles. The van der Waals surface area contributed by atoms with Crippen LogP contribution in [0.3, 0.4) is 0 Å². The van der Waals surface area contributed by atoms with E-state index in [-0.39, 0.29) is 24.0 Å². The van der Waals surface area contributed by atoms with Crippen LogP contribution in [0, 0.1) is 0 Å². The fourth-order valence-corrected chi connectivity index (χ4v) is 3.12. The van der Waals surface area contributed by atoms with Gasteiger partial charge in [-0.25, -0.2) is 0 Å². The second kappa shape index (κ2) is 8.34. The minimum atomic E-state index is 0.00593. The van der Waals surface area contributed by atoms with Crippen molar-refractivity contribution in [3.8, 4) is 0 Å². The summed E-state index contributed by atoms with van der Waals surface area (Å²) >= 11 is 6.03. The van der Waals surface area contributed by atoms with Gasteiger partial charge < -0.3 is 10.2 Å². The molecule has 0 aliphatic rings. The molecule has 0 aliphatic carbocycles. The largest absolute Gasteiger partial charge is 0.379 e. The van der Waals surface area contributed by atoms with Crippen molar-refractivity contribution < 1.29 is 4.79 Å². The highest BCUT2D eigenvalue weighted by atomic mass is 35.5. The highest BCUT2D eigenvalue weighted by Gasteiger charge is 2.17. The van der Waals surface area contributed by atoms with Crippen LogP contribution in [0.15, 0.2) is 42.6 Å². The predicted octanol–water partition coefficient (Wildman–Crippen LogP) is 4.89. The van der Waals surface area contributed by atoms with Crippen molar-refractivity contribution in [2.24, 2.45) is 0 Å². The second-order valence-corrected chi connectivity index (χ2v) is 7.18. The van der Waals surface area contributed by atoms with E-state index in [0.29, 0.717) is 5.02 Å². The number of carbonyl (C=O) groups is 1. The Morgan fingerprint density at radius 1 is 1.16 bits per heavy atom. The Hall–Kier alpha value is -2.07. The summed E-state index contributed by atoms with van der Waals surface area (Å²) in [5.41, 5.74) is 1.81. The average Bonchev–Trinajstić information content (AvgIpc) is 2.52. The lowest BCUT2D eigenvalue weighted by Crippen LogP contribution is -2.41. The molecule has 2 rings (SSSR count). The average molecular weight is 360 g/mol. The Labute approximate surface area is 154 Å². The molecule has 1 N–H and O–H groups in total. The number of nitrogens with zero attached hydrogens (tertiary/aromatic N) is 2. The van der Waals surface area contributed by atoms with E-state index in [4.69, 9.17) is 11.6 Å². The van der Waals surface area contributed by atoms with Crippen molar-refractivity contribution in [1.29, 1.82) is 0 Å². The number of anilines is 1. The number of hydrogen-bond acceptors (Lipinski definition) is 3. The summed E-state index contributed by atoms with van der Waals surface area (Å²) in [6, 6.07) is 7.93. The first kappa shape index (κ1) is 19.3. The molecule has 0 spiro atoms.